The van der Waals surface area contributed by atoms with Gasteiger partial charge in [-0.3, -0.25) is 0 Å². The summed E-state index contributed by atoms with van der Waals surface area (Å²) < 4.78 is 0. The van der Waals surface area contributed by atoms with E-state index in [9.17, 15) is 0 Å². The predicted molar refractivity (Wildman–Crippen MR) is 94.6 cm³/mol. The highest BCUT2D eigenvalue weighted by molar-refractivity contribution is 5.71. The second kappa shape index (κ2) is 5.49. The van der Waals surface area contributed by atoms with Crippen LogP contribution >= 0.6 is 0 Å². The van der Waals surface area contributed by atoms with Gasteiger partial charge >= 0.3 is 0 Å². The van der Waals surface area contributed by atoms with Gasteiger partial charge in [0.05, 0.1) is 5.54 Å². The van der Waals surface area contributed by atoms with E-state index in [1.807, 2.05) is 0 Å². The predicted octanol–water partition coefficient (Wildman–Crippen LogP) is 5.06. The second-order valence-corrected chi connectivity index (χ2v) is 6.25. The SMILES string of the molecule is Cc1ccccc1C1=CC=CC(C)(c2ccccc2C)N1C. The smallest absolute Gasteiger partial charge is 0.0811 e. The van der Waals surface area contributed by atoms with Crippen LogP contribution in [0.3, 0.4) is 0 Å². The molecule has 0 saturated heterocycles. The van der Waals surface area contributed by atoms with Crippen molar-refractivity contribution in [2.75, 3.05) is 7.05 Å². The van der Waals surface area contributed by atoms with Gasteiger partial charge in [-0.05, 0) is 43.5 Å². The molecule has 2 aromatic carbocycles. The van der Waals surface area contributed by atoms with Gasteiger partial charge in [0, 0.05) is 18.3 Å². The Labute approximate surface area is 133 Å². The summed E-state index contributed by atoms with van der Waals surface area (Å²) in [5.74, 6) is 0. The van der Waals surface area contributed by atoms with Crippen molar-refractivity contribution in [2.45, 2.75) is 26.3 Å². The topological polar surface area (TPSA) is 3.24 Å². The molecule has 1 aliphatic rings. The zero-order valence-corrected chi connectivity index (χ0v) is 13.8. The van der Waals surface area contributed by atoms with Crippen molar-refractivity contribution in [3.8, 4) is 0 Å². The minimum absolute atomic E-state index is 0.127. The third kappa shape index (κ3) is 2.27. The summed E-state index contributed by atoms with van der Waals surface area (Å²) in [4.78, 5) is 2.39. The molecule has 22 heavy (non-hydrogen) atoms. The Morgan fingerprint density at radius 2 is 1.50 bits per heavy atom. The van der Waals surface area contributed by atoms with E-state index in [4.69, 9.17) is 0 Å². The minimum atomic E-state index is -0.127. The maximum atomic E-state index is 2.39. The normalized spacial score (nSPS) is 20.9. The molecule has 2 aromatic rings. The molecule has 112 valence electrons. The van der Waals surface area contributed by atoms with Crippen molar-refractivity contribution >= 4 is 5.70 Å². The summed E-state index contributed by atoms with van der Waals surface area (Å²) in [7, 11) is 2.19. The summed E-state index contributed by atoms with van der Waals surface area (Å²) in [6.45, 7) is 6.65. The van der Waals surface area contributed by atoms with Crippen molar-refractivity contribution in [3.63, 3.8) is 0 Å². The van der Waals surface area contributed by atoms with Crippen LogP contribution in [0.4, 0.5) is 0 Å². The average molecular weight is 289 g/mol. The highest BCUT2D eigenvalue weighted by Crippen LogP contribution is 2.39. The number of likely N-dealkylation sites (N-methyl/N-ethyl adjacent to an activating group) is 1. The first kappa shape index (κ1) is 14.6. The van der Waals surface area contributed by atoms with E-state index in [-0.39, 0.29) is 5.54 Å². The van der Waals surface area contributed by atoms with Crippen molar-refractivity contribution in [1.82, 2.24) is 4.90 Å². The van der Waals surface area contributed by atoms with Crippen LogP contribution in [0, 0.1) is 13.8 Å². The number of rotatable bonds is 2. The molecule has 0 spiro atoms. The number of allylic oxidation sites excluding steroid dienone is 2. The average Bonchev–Trinajstić information content (AvgIpc) is 2.51. The van der Waals surface area contributed by atoms with Crippen molar-refractivity contribution in [2.24, 2.45) is 0 Å². The van der Waals surface area contributed by atoms with Crippen LogP contribution in [0.5, 0.6) is 0 Å². The largest absolute Gasteiger partial charge is 0.361 e. The molecule has 1 aliphatic heterocycles. The molecule has 0 saturated carbocycles. The Morgan fingerprint density at radius 1 is 0.864 bits per heavy atom. The molecule has 0 N–H and O–H groups in total. The van der Waals surface area contributed by atoms with Gasteiger partial charge in [-0.25, -0.2) is 0 Å². The van der Waals surface area contributed by atoms with Crippen molar-refractivity contribution in [1.29, 1.82) is 0 Å². The summed E-state index contributed by atoms with van der Waals surface area (Å²) in [5.41, 5.74) is 6.43. The molecule has 1 atom stereocenters. The van der Waals surface area contributed by atoms with Crippen LogP contribution in [0.1, 0.15) is 29.2 Å². The maximum absolute atomic E-state index is 2.39. The van der Waals surface area contributed by atoms with E-state index in [2.05, 4.69) is 99.5 Å². The van der Waals surface area contributed by atoms with Crippen molar-refractivity contribution < 1.29 is 0 Å². The number of nitrogens with zero attached hydrogens (tertiary/aromatic N) is 1. The fourth-order valence-corrected chi connectivity index (χ4v) is 3.34. The molecule has 0 amide bonds. The quantitative estimate of drug-likeness (QED) is 0.747. The number of hydrogen-bond donors (Lipinski definition) is 0. The van der Waals surface area contributed by atoms with Gasteiger partial charge < -0.3 is 4.90 Å². The molecule has 1 heterocycles. The number of benzene rings is 2. The zero-order chi connectivity index (χ0) is 15.7. The molecule has 0 aromatic heterocycles. The first-order chi connectivity index (χ1) is 10.5. The van der Waals surface area contributed by atoms with E-state index >= 15 is 0 Å². The Balaban J connectivity index is 2.09. The number of aryl methyl sites for hydroxylation is 2. The van der Waals surface area contributed by atoms with Gasteiger partial charge in [0.1, 0.15) is 0 Å². The van der Waals surface area contributed by atoms with Crippen LogP contribution < -0.4 is 0 Å². The van der Waals surface area contributed by atoms with Crippen molar-refractivity contribution in [3.05, 3.63) is 89.0 Å². The second-order valence-electron chi connectivity index (χ2n) is 6.25. The Kier molecular flexibility index (Phi) is 3.66. The molecular weight excluding hydrogens is 266 g/mol. The zero-order valence-electron chi connectivity index (χ0n) is 13.8. The summed E-state index contributed by atoms with van der Waals surface area (Å²) in [6, 6.07) is 17.2. The molecule has 0 bridgehead atoms. The molecular formula is C21H23N. The van der Waals surface area contributed by atoms with Crippen LogP contribution in [0.25, 0.3) is 5.70 Å². The lowest BCUT2D eigenvalue weighted by atomic mass is 9.83. The minimum Gasteiger partial charge on any atom is -0.361 e. The standard InChI is InChI=1S/C21H23N/c1-16-10-5-7-12-18(16)20-14-9-15-21(3,22(20)4)19-13-8-6-11-17(19)2/h5-15H,1-4H3. The Bertz CT molecular complexity index is 754. The van der Waals surface area contributed by atoms with E-state index in [0.717, 1.165) is 0 Å². The fourth-order valence-electron chi connectivity index (χ4n) is 3.34. The first-order valence-electron chi connectivity index (χ1n) is 7.79. The molecule has 1 unspecified atom stereocenters. The van der Waals surface area contributed by atoms with E-state index in [0.29, 0.717) is 0 Å². The molecule has 1 heteroatoms. The molecule has 0 radical (unpaired) electrons. The lowest BCUT2D eigenvalue weighted by Gasteiger charge is -2.43. The van der Waals surface area contributed by atoms with Gasteiger partial charge in [-0.2, -0.15) is 0 Å². The highest BCUT2D eigenvalue weighted by atomic mass is 15.2. The maximum Gasteiger partial charge on any atom is 0.0811 e. The summed E-state index contributed by atoms with van der Waals surface area (Å²) >= 11 is 0. The molecule has 1 nitrogen and oxygen atoms in total. The fraction of sp³-hybridized carbons (Fsp3) is 0.238. The molecule has 0 fully saturated rings. The van der Waals surface area contributed by atoms with Crippen LogP contribution in [0.15, 0.2) is 66.8 Å². The third-order valence-corrected chi connectivity index (χ3v) is 4.84. The van der Waals surface area contributed by atoms with Gasteiger partial charge in [0.2, 0.25) is 0 Å². The molecule has 0 aliphatic carbocycles. The summed E-state index contributed by atoms with van der Waals surface area (Å²) in [6.07, 6.45) is 6.69. The number of hydrogen-bond acceptors (Lipinski definition) is 1. The lowest BCUT2D eigenvalue weighted by Crippen LogP contribution is -2.40. The molecule has 3 rings (SSSR count). The van der Waals surface area contributed by atoms with Gasteiger partial charge in [-0.1, -0.05) is 60.7 Å². The van der Waals surface area contributed by atoms with Gasteiger partial charge in [-0.15, -0.1) is 0 Å². The van der Waals surface area contributed by atoms with E-state index < -0.39 is 0 Å². The monoisotopic (exact) mass is 289 g/mol. The highest BCUT2D eigenvalue weighted by Gasteiger charge is 2.33. The first-order valence-corrected chi connectivity index (χ1v) is 7.79. The van der Waals surface area contributed by atoms with Crippen LogP contribution in [-0.4, -0.2) is 11.9 Å². The Hall–Kier alpha value is -2.28. The third-order valence-electron chi connectivity index (χ3n) is 4.84. The van der Waals surface area contributed by atoms with Gasteiger partial charge in [0.25, 0.3) is 0 Å². The van der Waals surface area contributed by atoms with Crippen LogP contribution in [0.2, 0.25) is 0 Å². The van der Waals surface area contributed by atoms with E-state index in [1.54, 1.807) is 0 Å². The Morgan fingerprint density at radius 3 is 2.18 bits per heavy atom. The van der Waals surface area contributed by atoms with Crippen LogP contribution in [-0.2, 0) is 5.54 Å². The summed E-state index contributed by atoms with van der Waals surface area (Å²) in [5, 5.41) is 0. The van der Waals surface area contributed by atoms with E-state index in [1.165, 1.54) is 28.0 Å². The van der Waals surface area contributed by atoms with Gasteiger partial charge in [0.15, 0.2) is 0 Å². The lowest BCUT2D eigenvalue weighted by molar-refractivity contribution is 0.278.